The third kappa shape index (κ3) is 4.64. The van der Waals surface area contributed by atoms with Gasteiger partial charge in [-0.25, -0.2) is 0 Å². The first-order chi connectivity index (χ1) is 13.2. The molecule has 1 amide bonds. The highest BCUT2D eigenvalue weighted by Crippen LogP contribution is 2.30. The van der Waals surface area contributed by atoms with Crippen LogP contribution in [0.1, 0.15) is 17.2 Å². The van der Waals surface area contributed by atoms with Crippen LogP contribution in [-0.2, 0) is 11.2 Å². The van der Waals surface area contributed by atoms with E-state index >= 15 is 0 Å². The second kappa shape index (κ2) is 8.85. The zero-order chi connectivity index (χ0) is 19.1. The summed E-state index contributed by atoms with van der Waals surface area (Å²) in [4.78, 5) is 17.4. The average molecular weight is 362 g/mol. The molecule has 1 heterocycles. The molecule has 0 aliphatic rings. The van der Waals surface area contributed by atoms with Gasteiger partial charge in [0, 0.05) is 30.1 Å². The fourth-order valence-corrected chi connectivity index (χ4v) is 2.92. The van der Waals surface area contributed by atoms with Crippen LogP contribution in [0.2, 0.25) is 0 Å². The van der Waals surface area contributed by atoms with E-state index in [4.69, 9.17) is 9.47 Å². The van der Waals surface area contributed by atoms with Gasteiger partial charge in [-0.1, -0.05) is 36.4 Å². The number of amides is 1. The Morgan fingerprint density at radius 2 is 1.70 bits per heavy atom. The smallest absolute Gasteiger partial charge is 0.232 e. The minimum atomic E-state index is -0.353. The number of anilines is 1. The number of pyridine rings is 1. The van der Waals surface area contributed by atoms with Gasteiger partial charge in [-0.05, 0) is 29.8 Å². The number of methoxy groups -OCH3 is 2. The van der Waals surface area contributed by atoms with E-state index in [-0.39, 0.29) is 11.8 Å². The van der Waals surface area contributed by atoms with Crippen LogP contribution in [0, 0.1) is 0 Å². The molecule has 1 atom stereocenters. The molecule has 1 N–H and O–H groups in total. The van der Waals surface area contributed by atoms with E-state index in [1.54, 1.807) is 38.6 Å². The molecule has 0 saturated carbocycles. The van der Waals surface area contributed by atoms with E-state index in [1.165, 1.54) is 0 Å². The zero-order valence-corrected chi connectivity index (χ0v) is 15.4. The monoisotopic (exact) mass is 362 g/mol. The predicted octanol–water partition coefficient (Wildman–Crippen LogP) is 4.06. The summed E-state index contributed by atoms with van der Waals surface area (Å²) in [5, 5.41) is 2.98. The van der Waals surface area contributed by atoms with Crippen molar-refractivity contribution in [3.8, 4) is 11.5 Å². The van der Waals surface area contributed by atoms with Crippen molar-refractivity contribution in [1.82, 2.24) is 4.98 Å². The second-order valence-corrected chi connectivity index (χ2v) is 6.05. The number of carbonyl (C=O) groups excluding carboxylic acids is 1. The number of benzene rings is 2. The fraction of sp³-hybridized carbons (Fsp3) is 0.182. The Hall–Kier alpha value is -3.34. The summed E-state index contributed by atoms with van der Waals surface area (Å²) in [5.74, 6) is 0.730. The Kier molecular flexibility index (Phi) is 6.05. The van der Waals surface area contributed by atoms with Crippen molar-refractivity contribution in [3.63, 3.8) is 0 Å². The van der Waals surface area contributed by atoms with Gasteiger partial charge >= 0.3 is 0 Å². The first kappa shape index (κ1) is 18.5. The molecule has 27 heavy (non-hydrogen) atoms. The van der Waals surface area contributed by atoms with Gasteiger partial charge in [0.05, 0.1) is 20.1 Å². The molecule has 0 saturated heterocycles. The Bertz CT molecular complexity index is 883. The maximum absolute atomic E-state index is 13.1. The summed E-state index contributed by atoms with van der Waals surface area (Å²) in [6.45, 7) is 0. The van der Waals surface area contributed by atoms with Crippen molar-refractivity contribution >= 4 is 11.6 Å². The van der Waals surface area contributed by atoms with Crippen LogP contribution in [0.25, 0.3) is 0 Å². The summed E-state index contributed by atoms with van der Waals surface area (Å²) in [7, 11) is 3.14. The standard InChI is InChI=1S/C22H22N2O3/c1-26-20-12-11-18(15-21(20)27-2)24-22(25)19(16-8-4-3-5-9-16)14-17-10-6-7-13-23-17/h3-13,15,19H,14H2,1-2H3,(H,24,25). The first-order valence-electron chi connectivity index (χ1n) is 8.69. The topological polar surface area (TPSA) is 60.5 Å². The van der Waals surface area contributed by atoms with Gasteiger partial charge in [-0.2, -0.15) is 0 Å². The number of aromatic nitrogens is 1. The molecule has 3 rings (SSSR count). The summed E-state index contributed by atoms with van der Waals surface area (Å²) >= 11 is 0. The van der Waals surface area contributed by atoms with Gasteiger partial charge in [0.25, 0.3) is 0 Å². The average Bonchev–Trinajstić information content (AvgIpc) is 2.73. The van der Waals surface area contributed by atoms with Crippen LogP contribution < -0.4 is 14.8 Å². The van der Waals surface area contributed by atoms with Gasteiger partial charge in [0.2, 0.25) is 5.91 Å². The lowest BCUT2D eigenvalue weighted by molar-refractivity contribution is -0.117. The predicted molar refractivity (Wildman–Crippen MR) is 105 cm³/mol. The van der Waals surface area contributed by atoms with Crippen LogP contribution >= 0.6 is 0 Å². The number of rotatable bonds is 7. The Morgan fingerprint density at radius 3 is 2.37 bits per heavy atom. The maximum Gasteiger partial charge on any atom is 0.232 e. The molecule has 138 valence electrons. The van der Waals surface area contributed by atoms with Crippen LogP contribution in [0.3, 0.4) is 0 Å². The molecule has 0 fully saturated rings. The first-order valence-corrected chi connectivity index (χ1v) is 8.69. The number of hydrogen-bond acceptors (Lipinski definition) is 4. The van der Waals surface area contributed by atoms with Gasteiger partial charge in [-0.15, -0.1) is 0 Å². The minimum absolute atomic E-state index is 0.0981. The molecule has 0 spiro atoms. The molecule has 0 aliphatic heterocycles. The molecule has 0 bridgehead atoms. The number of nitrogens with zero attached hydrogens (tertiary/aromatic N) is 1. The van der Waals surface area contributed by atoms with Gasteiger partial charge in [0.15, 0.2) is 11.5 Å². The molecular formula is C22H22N2O3. The van der Waals surface area contributed by atoms with Crippen molar-refractivity contribution in [3.05, 3.63) is 84.2 Å². The largest absolute Gasteiger partial charge is 0.493 e. The number of carbonyl (C=O) groups is 1. The second-order valence-electron chi connectivity index (χ2n) is 6.05. The lowest BCUT2D eigenvalue weighted by Gasteiger charge is -2.18. The lowest BCUT2D eigenvalue weighted by atomic mass is 9.93. The molecule has 5 heteroatoms. The summed E-state index contributed by atoms with van der Waals surface area (Å²) in [5.41, 5.74) is 2.47. The molecule has 5 nitrogen and oxygen atoms in total. The number of ether oxygens (including phenoxy) is 2. The van der Waals surface area contributed by atoms with Crippen LogP contribution in [0.5, 0.6) is 11.5 Å². The van der Waals surface area contributed by atoms with Crippen molar-refractivity contribution in [2.24, 2.45) is 0 Å². The molecular weight excluding hydrogens is 340 g/mol. The zero-order valence-electron chi connectivity index (χ0n) is 15.4. The van der Waals surface area contributed by atoms with Crippen molar-refractivity contribution in [2.45, 2.75) is 12.3 Å². The quantitative estimate of drug-likeness (QED) is 0.688. The highest BCUT2D eigenvalue weighted by Gasteiger charge is 2.22. The SMILES string of the molecule is COc1ccc(NC(=O)C(Cc2ccccn2)c2ccccc2)cc1OC. The third-order valence-corrected chi connectivity index (χ3v) is 4.31. The normalized spacial score (nSPS) is 11.5. The third-order valence-electron chi connectivity index (χ3n) is 4.31. The fourth-order valence-electron chi connectivity index (χ4n) is 2.92. The molecule has 0 radical (unpaired) electrons. The van der Waals surface area contributed by atoms with E-state index in [0.717, 1.165) is 11.3 Å². The number of nitrogens with one attached hydrogen (secondary N) is 1. The van der Waals surface area contributed by atoms with Crippen molar-refractivity contribution in [2.75, 3.05) is 19.5 Å². The molecule has 2 aromatic carbocycles. The minimum Gasteiger partial charge on any atom is -0.493 e. The highest BCUT2D eigenvalue weighted by atomic mass is 16.5. The summed E-state index contributed by atoms with van der Waals surface area (Å²) < 4.78 is 10.6. The van der Waals surface area contributed by atoms with Gasteiger partial charge < -0.3 is 14.8 Å². The van der Waals surface area contributed by atoms with E-state index in [0.29, 0.717) is 23.6 Å². The molecule has 1 unspecified atom stereocenters. The van der Waals surface area contributed by atoms with E-state index in [9.17, 15) is 4.79 Å². The lowest BCUT2D eigenvalue weighted by Crippen LogP contribution is -2.23. The highest BCUT2D eigenvalue weighted by molar-refractivity contribution is 5.96. The Morgan fingerprint density at radius 1 is 0.963 bits per heavy atom. The molecule has 0 aliphatic carbocycles. The molecule has 3 aromatic rings. The van der Waals surface area contributed by atoms with E-state index in [1.807, 2.05) is 48.5 Å². The van der Waals surface area contributed by atoms with Crippen LogP contribution in [-0.4, -0.2) is 25.1 Å². The van der Waals surface area contributed by atoms with E-state index < -0.39 is 0 Å². The summed E-state index contributed by atoms with van der Waals surface area (Å²) in [6, 6.07) is 20.8. The summed E-state index contributed by atoms with van der Waals surface area (Å²) in [6.07, 6.45) is 2.26. The van der Waals surface area contributed by atoms with Crippen LogP contribution in [0.4, 0.5) is 5.69 Å². The van der Waals surface area contributed by atoms with Gasteiger partial charge in [-0.3, -0.25) is 9.78 Å². The Balaban J connectivity index is 1.85. The van der Waals surface area contributed by atoms with Crippen molar-refractivity contribution < 1.29 is 14.3 Å². The number of hydrogen-bond donors (Lipinski definition) is 1. The molecule has 1 aromatic heterocycles. The maximum atomic E-state index is 13.1. The van der Waals surface area contributed by atoms with Gasteiger partial charge in [0.1, 0.15) is 0 Å². The van der Waals surface area contributed by atoms with Crippen molar-refractivity contribution in [1.29, 1.82) is 0 Å². The van der Waals surface area contributed by atoms with Crippen LogP contribution in [0.15, 0.2) is 72.9 Å². The van der Waals surface area contributed by atoms with E-state index in [2.05, 4.69) is 10.3 Å². The Labute approximate surface area is 159 Å².